The molecule has 0 saturated carbocycles. The number of aromatic nitrogens is 2. The summed E-state index contributed by atoms with van der Waals surface area (Å²) in [4.78, 5) is 13.3. The summed E-state index contributed by atoms with van der Waals surface area (Å²) < 4.78 is 6.65. The molecule has 176 valence electrons. The van der Waals surface area contributed by atoms with Crippen molar-refractivity contribution in [3.63, 3.8) is 0 Å². The third-order valence-electron chi connectivity index (χ3n) is 6.86. The summed E-state index contributed by atoms with van der Waals surface area (Å²) in [5.74, 6) is 0.166. The molecule has 35 heavy (non-hydrogen) atoms. The highest BCUT2D eigenvalue weighted by molar-refractivity contribution is 9.10. The Balaban J connectivity index is 1.19. The molecule has 0 aliphatic carbocycles. The Morgan fingerprint density at radius 2 is 1.20 bits per heavy atom. The van der Waals surface area contributed by atoms with E-state index < -0.39 is 0 Å². The molecular formula is C28H24Br2N4O. The molecule has 6 rings (SSSR count). The van der Waals surface area contributed by atoms with E-state index in [1.165, 1.54) is 17.0 Å². The second-order valence-corrected chi connectivity index (χ2v) is 10.7. The van der Waals surface area contributed by atoms with Crippen LogP contribution < -0.4 is 10.6 Å². The summed E-state index contributed by atoms with van der Waals surface area (Å²) in [7, 11) is 0. The summed E-state index contributed by atoms with van der Waals surface area (Å²) in [6, 6.07) is 24.7. The number of nitrogens with zero attached hydrogens (tertiary/aromatic N) is 2. The number of benzene rings is 2. The summed E-state index contributed by atoms with van der Waals surface area (Å²) in [6.07, 6.45) is 0.903. The van der Waals surface area contributed by atoms with Crippen molar-refractivity contribution >= 4 is 54.6 Å². The average Bonchev–Trinajstić information content (AvgIpc) is 3.62. The zero-order valence-electron chi connectivity index (χ0n) is 19.0. The number of rotatable bonds is 6. The second kappa shape index (κ2) is 9.21. The molecule has 0 saturated heterocycles. The van der Waals surface area contributed by atoms with Crippen molar-refractivity contribution in [3.8, 4) is 0 Å². The van der Waals surface area contributed by atoms with Gasteiger partial charge in [-0.2, -0.15) is 0 Å². The fourth-order valence-corrected chi connectivity index (χ4v) is 5.56. The monoisotopic (exact) mass is 590 g/mol. The van der Waals surface area contributed by atoms with Gasteiger partial charge in [0.15, 0.2) is 0 Å². The lowest BCUT2D eigenvalue weighted by molar-refractivity contribution is 0.103. The van der Waals surface area contributed by atoms with E-state index in [0.29, 0.717) is 13.1 Å². The van der Waals surface area contributed by atoms with Crippen LogP contribution in [0.4, 0.5) is 11.4 Å². The van der Waals surface area contributed by atoms with Crippen LogP contribution in [0.25, 0.3) is 5.57 Å². The van der Waals surface area contributed by atoms with Crippen molar-refractivity contribution < 1.29 is 4.79 Å². The van der Waals surface area contributed by atoms with E-state index in [-0.39, 0.29) is 5.78 Å². The van der Waals surface area contributed by atoms with Crippen molar-refractivity contribution in [1.82, 2.24) is 9.13 Å². The van der Waals surface area contributed by atoms with Gasteiger partial charge in [0.1, 0.15) is 0 Å². The maximum Gasteiger partial charge on any atom is 0.207 e. The van der Waals surface area contributed by atoms with Crippen LogP contribution in [0.3, 0.4) is 0 Å². The van der Waals surface area contributed by atoms with Crippen molar-refractivity contribution in [2.45, 2.75) is 32.6 Å². The van der Waals surface area contributed by atoms with Crippen LogP contribution in [-0.4, -0.2) is 14.9 Å². The quantitative estimate of drug-likeness (QED) is 0.235. The fourth-order valence-electron chi connectivity index (χ4n) is 5.04. The second-order valence-electron chi connectivity index (χ2n) is 8.91. The van der Waals surface area contributed by atoms with Crippen LogP contribution in [0, 0.1) is 0 Å². The van der Waals surface area contributed by atoms with Gasteiger partial charge in [-0.1, -0.05) is 31.9 Å². The number of Topliss-reactive ketones (excluding diaryl/α,β-unsaturated/α-hetero) is 1. The highest BCUT2D eigenvalue weighted by Crippen LogP contribution is 2.37. The Morgan fingerprint density at radius 3 is 1.80 bits per heavy atom. The van der Waals surface area contributed by atoms with Crippen LogP contribution in [0.5, 0.6) is 0 Å². The molecule has 0 atom stereocenters. The molecule has 2 aromatic carbocycles. The first-order valence-corrected chi connectivity index (χ1v) is 13.3. The lowest BCUT2D eigenvalue weighted by Crippen LogP contribution is -2.06. The SMILES string of the molecule is O=C1/C(=C2/CCn3c(CNc4ccc(Br)cc4)ccc32)Cn2c(CNc3ccc(Br)cc3)ccc21. The Hall–Kier alpha value is -3.03. The topological polar surface area (TPSA) is 51.0 Å². The molecule has 0 radical (unpaired) electrons. The highest BCUT2D eigenvalue weighted by atomic mass is 79.9. The highest BCUT2D eigenvalue weighted by Gasteiger charge is 2.32. The van der Waals surface area contributed by atoms with Gasteiger partial charge in [0.25, 0.3) is 0 Å². The van der Waals surface area contributed by atoms with Gasteiger partial charge in [0.05, 0.1) is 25.3 Å². The summed E-state index contributed by atoms with van der Waals surface area (Å²) in [5.41, 5.74) is 8.63. The van der Waals surface area contributed by atoms with Crippen molar-refractivity contribution in [2.75, 3.05) is 10.6 Å². The van der Waals surface area contributed by atoms with Crippen molar-refractivity contribution in [2.24, 2.45) is 0 Å². The number of halogens is 2. The Kier molecular flexibility index (Phi) is 5.90. The smallest absolute Gasteiger partial charge is 0.207 e. The number of hydrogen-bond acceptors (Lipinski definition) is 3. The van der Waals surface area contributed by atoms with E-state index in [4.69, 9.17) is 0 Å². The Morgan fingerprint density at radius 1 is 0.657 bits per heavy atom. The third-order valence-corrected chi connectivity index (χ3v) is 7.92. The van der Waals surface area contributed by atoms with E-state index in [9.17, 15) is 4.79 Å². The summed E-state index contributed by atoms with van der Waals surface area (Å²) in [6.45, 7) is 2.99. The van der Waals surface area contributed by atoms with Crippen LogP contribution in [-0.2, 0) is 26.2 Å². The number of hydrogen-bond donors (Lipinski definition) is 2. The predicted molar refractivity (Wildman–Crippen MR) is 148 cm³/mol. The molecule has 4 heterocycles. The molecule has 2 aliphatic heterocycles. The maximum atomic E-state index is 13.3. The number of anilines is 2. The molecule has 0 unspecified atom stereocenters. The minimum absolute atomic E-state index is 0.166. The van der Waals surface area contributed by atoms with Gasteiger partial charge in [-0.25, -0.2) is 0 Å². The minimum atomic E-state index is 0.166. The Labute approximate surface area is 221 Å². The zero-order chi connectivity index (χ0) is 23.9. The van der Waals surface area contributed by atoms with E-state index in [1.807, 2.05) is 42.5 Å². The van der Waals surface area contributed by atoms with Gasteiger partial charge in [0, 0.05) is 49.5 Å². The predicted octanol–water partition coefficient (Wildman–Crippen LogP) is 7.09. The standard InChI is InChI=1S/C28H24Br2N4O/c29-18-1-5-20(6-2-18)31-15-22-9-11-26-24(13-14-33(22)26)25-17-34-23(10-12-27(34)28(25)35)16-32-21-7-3-19(30)4-8-21/h1-12,31-32H,13-17H2/b25-24-. The van der Waals surface area contributed by atoms with Crippen LogP contribution in [0.1, 0.15) is 34.0 Å². The minimum Gasteiger partial charge on any atom is -0.379 e. The first kappa shape index (κ1) is 22.4. The molecule has 0 fully saturated rings. The number of nitrogens with one attached hydrogen (secondary N) is 2. The lowest BCUT2D eigenvalue weighted by atomic mass is 10.0. The molecule has 2 aliphatic rings. The number of carbonyl (C=O) groups is 1. The van der Waals surface area contributed by atoms with Crippen LogP contribution in [0.15, 0.2) is 87.3 Å². The van der Waals surface area contributed by atoms with E-state index in [0.717, 1.165) is 56.8 Å². The van der Waals surface area contributed by atoms with Crippen molar-refractivity contribution in [3.05, 3.63) is 110 Å². The van der Waals surface area contributed by atoms with Gasteiger partial charge in [0.2, 0.25) is 5.78 Å². The van der Waals surface area contributed by atoms with Crippen LogP contribution in [0.2, 0.25) is 0 Å². The zero-order valence-corrected chi connectivity index (χ0v) is 22.2. The van der Waals surface area contributed by atoms with Crippen molar-refractivity contribution in [1.29, 1.82) is 0 Å². The first-order chi connectivity index (χ1) is 17.1. The molecule has 0 bridgehead atoms. The molecule has 0 spiro atoms. The normalized spacial score (nSPS) is 16.5. The molecule has 2 aromatic heterocycles. The van der Waals surface area contributed by atoms with E-state index in [2.05, 4.69) is 82.0 Å². The van der Waals surface area contributed by atoms with Gasteiger partial charge in [-0.05, 0) is 84.8 Å². The molecule has 2 N–H and O–H groups in total. The Bertz CT molecular complexity index is 1450. The van der Waals surface area contributed by atoms with Gasteiger partial charge >= 0.3 is 0 Å². The van der Waals surface area contributed by atoms with Gasteiger partial charge in [-0.15, -0.1) is 0 Å². The van der Waals surface area contributed by atoms with E-state index >= 15 is 0 Å². The fraction of sp³-hybridized carbons (Fsp3) is 0.179. The average molecular weight is 592 g/mol. The van der Waals surface area contributed by atoms with Gasteiger partial charge < -0.3 is 19.8 Å². The summed E-state index contributed by atoms with van der Waals surface area (Å²) in [5, 5.41) is 6.98. The van der Waals surface area contributed by atoms with Gasteiger partial charge in [-0.3, -0.25) is 4.79 Å². The lowest BCUT2D eigenvalue weighted by Gasteiger charge is -2.10. The molecule has 0 amide bonds. The number of carbonyl (C=O) groups excluding carboxylic acids is 1. The number of ketones is 1. The molecule has 5 nitrogen and oxygen atoms in total. The molecular weight excluding hydrogens is 568 g/mol. The van der Waals surface area contributed by atoms with E-state index in [1.54, 1.807) is 0 Å². The first-order valence-electron chi connectivity index (χ1n) is 11.7. The number of allylic oxidation sites excluding steroid dienone is 2. The molecule has 7 heteroatoms. The largest absolute Gasteiger partial charge is 0.379 e. The summed E-state index contributed by atoms with van der Waals surface area (Å²) >= 11 is 6.96. The molecule has 4 aromatic rings. The number of fused-ring (bicyclic) bond motifs is 2. The third kappa shape index (κ3) is 4.28. The van der Waals surface area contributed by atoms with Crippen LogP contribution >= 0.6 is 31.9 Å². The maximum absolute atomic E-state index is 13.3.